The van der Waals surface area contributed by atoms with Gasteiger partial charge in [-0.15, -0.1) is 0 Å². The van der Waals surface area contributed by atoms with Gasteiger partial charge < -0.3 is 15.8 Å². The molecule has 1 saturated carbocycles. The lowest BCUT2D eigenvalue weighted by Gasteiger charge is -2.26. The van der Waals surface area contributed by atoms with Gasteiger partial charge in [-0.1, -0.05) is 6.92 Å². The SMILES string of the molecule is CCC(C)(OC)C(=O)NCC1(CN)CC1. The van der Waals surface area contributed by atoms with Crippen LogP contribution in [-0.4, -0.2) is 31.7 Å². The number of hydrogen-bond acceptors (Lipinski definition) is 3. The minimum atomic E-state index is -0.704. The highest BCUT2D eigenvalue weighted by atomic mass is 16.5. The van der Waals surface area contributed by atoms with Crippen molar-refractivity contribution in [2.24, 2.45) is 11.1 Å². The molecule has 4 nitrogen and oxygen atoms in total. The first-order valence-electron chi connectivity index (χ1n) is 5.55. The van der Waals surface area contributed by atoms with E-state index >= 15 is 0 Å². The Kier molecular flexibility index (Phi) is 3.73. The van der Waals surface area contributed by atoms with Gasteiger partial charge in [0.25, 0.3) is 5.91 Å². The molecule has 0 radical (unpaired) electrons. The number of nitrogens with two attached hydrogens (primary N) is 1. The first kappa shape index (κ1) is 12.5. The van der Waals surface area contributed by atoms with Gasteiger partial charge in [0, 0.05) is 13.7 Å². The maximum absolute atomic E-state index is 11.8. The summed E-state index contributed by atoms with van der Waals surface area (Å²) < 4.78 is 5.22. The van der Waals surface area contributed by atoms with Crippen molar-refractivity contribution in [3.05, 3.63) is 0 Å². The topological polar surface area (TPSA) is 64.3 Å². The summed E-state index contributed by atoms with van der Waals surface area (Å²) in [4.78, 5) is 11.8. The van der Waals surface area contributed by atoms with Gasteiger partial charge in [-0.2, -0.15) is 0 Å². The number of methoxy groups -OCH3 is 1. The Morgan fingerprint density at radius 1 is 1.60 bits per heavy atom. The van der Waals surface area contributed by atoms with Crippen LogP contribution in [0.25, 0.3) is 0 Å². The van der Waals surface area contributed by atoms with Gasteiger partial charge in [0.2, 0.25) is 0 Å². The van der Waals surface area contributed by atoms with Crippen molar-refractivity contribution < 1.29 is 9.53 Å². The summed E-state index contributed by atoms with van der Waals surface area (Å²) in [5.41, 5.74) is 5.12. The molecule has 1 amide bonds. The minimum Gasteiger partial charge on any atom is -0.369 e. The Hall–Kier alpha value is -0.610. The Labute approximate surface area is 91.5 Å². The van der Waals surface area contributed by atoms with E-state index < -0.39 is 5.60 Å². The third-order valence-electron chi connectivity index (χ3n) is 3.62. The van der Waals surface area contributed by atoms with E-state index in [-0.39, 0.29) is 11.3 Å². The van der Waals surface area contributed by atoms with E-state index in [1.165, 1.54) is 0 Å². The van der Waals surface area contributed by atoms with Crippen LogP contribution in [0.2, 0.25) is 0 Å². The summed E-state index contributed by atoms with van der Waals surface area (Å²) >= 11 is 0. The zero-order chi connectivity index (χ0) is 11.5. The van der Waals surface area contributed by atoms with Crippen molar-refractivity contribution in [2.75, 3.05) is 20.2 Å². The highest BCUT2D eigenvalue weighted by Crippen LogP contribution is 2.43. The van der Waals surface area contributed by atoms with Gasteiger partial charge in [-0.3, -0.25) is 4.79 Å². The van der Waals surface area contributed by atoms with E-state index in [0.717, 1.165) is 12.8 Å². The lowest BCUT2D eigenvalue weighted by atomic mass is 10.0. The molecule has 1 aliphatic rings. The maximum atomic E-state index is 11.8. The van der Waals surface area contributed by atoms with Crippen LogP contribution in [-0.2, 0) is 9.53 Å². The molecule has 0 aromatic heterocycles. The molecule has 0 saturated heterocycles. The molecule has 1 aliphatic carbocycles. The molecule has 3 N–H and O–H groups in total. The molecule has 0 heterocycles. The van der Waals surface area contributed by atoms with Crippen LogP contribution in [0.4, 0.5) is 0 Å². The summed E-state index contributed by atoms with van der Waals surface area (Å²) in [5.74, 6) is -0.0350. The summed E-state index contributed by atoms with van der Waals surface area (Å²) in [6.45, 7) is 5.09. The van der Waals surface area contributed by atoms with Gasteiger partial charge in [0.05, 0.1) is 0 Å². The quantitative estimate of drug-likeness (QED) is 0.682. The largest absolute Gasteiger partial charge is 0.369 e. The summed E-state index contributed by atoms with van der Waals surface area (Å²) in [7, 11) is 1.57. The zero-order valence-corrected chi connectivity index (χ0v) is 9.93. The van der Waals surface area contributed by atoms with Crippen molar-refractivity contribution >= 4 is 5.91 Å². The maximum Gasteiger partial charge on any atom is 0.251 e. The van der Waals surface area contributed by atoms with E-state index in [2.05, 4.69) is 5.32 Å². The molecular formula is C11H22N2O2. The molecule has 1 atom stereocenters. The Bertz CT molecular complexity index is 233. The third-order valence-corrected chi connectivity index (χ3v) is 3.62. The molecule has 15 heavy (non-hydrogen) atoms. The number of ether oxygens (including phenoxy) is 1. The Morgan fingerprint density at radius 2 is 2.20 bits per heavy atom. The summed E-state index contributed by atoms with van der Waals surface area (Å²) in [5, 5.41) is 2.93. The van der Waals surface area contributed by atoms with Crippen LogP contribution in [0.3, 0.4) is 0 Å². The normalized spacial score (nSPS) is 21.9. The van der Waals surface area contributed by atoms with E-state index in [9.17, 15) is 4.79 Å². The van der Waals surface area contributed by atoms with Crippen molar-refractivity contribution in [3.63, 3.8) is 0 Å². The lowest BCUT2D eigenvalue weighted by Crippen LogP contribution is -2.47. The first-order chi connectivity index (χ1) is 7.02. The number of nitrogens with one attached hydrogen (secondary N) is 1. The predicted molar refractivity (Wildman–Crippen MR) is 59.4 cm³/mol. The number of hydrogen-bond donors (Lipinski definition) is 2. The van der Waals surface area contributed by atoms with Crippen molar-refractivity contribution in [2.45, 2.75) is 38.7 Å². The average Bonchev–Trinajstić information content (AvgIpc) is 3.05. The lowest BCUT2D eigenvalue weighted by molar-refractivity contribution is -0.142. The van der Waals surface area contributed by atoms with Crippen molar-refractivity contribution in [3.8, 4) is 0 Å². The highest BCUT2D eigenvalue weighted by molar-refractivity contribution is 5.84. The van der Waals surface area contributed by atoms with Crippen LogP contribution >= 0.6 is 0 Å². The van der Waals surface area contributed by atoms with Crippen LogP contribution in [0, 0.1) is 5.41 Å². The molecule has 4 heteroatoms. The second-order valence-corrected chi connectivity index (χ2v) is 4.68. The monoisotopic (exact) mass is 214 g/mol. The summed E-state index contributed by atoms with van der Waals surface area (Å²) in [6, 6.07) is 0. The van der Waals surface area contributed by atoms with Crippen molar-refractivity contribution in [1.29, 1.82) is 0 Å². The second kappa shape index (κ2) is 4.49. The van der Waals surface area contributed by atoms with Crippen LogP contribution < -0.4 is 11.1 Å². The fourth-order valence-electron chi connectivity index (χ4n) is 1.48. The fourth-order valence-corrected chi connectivity index (χ4v) is 1.48. The Morgan fingerprint density at radius 3 is 2.53 bits per heavy atom. The number of rotatable bonds is 6. The Balaban J connectivity index is 2.41. The molecule has 1 fully saturated rings. The standard InChI is InChI=1S/C11H22N2O2/c1-4-10(2,15-3)9(14)13-8-11(7-12)5-6-11/h4-8,12H2,1-3H3,(H,13,14). The molecule has 0 spiro atoms. The van der Waals surface area contributed by atoms with Crippen LogP contribution in [0.5, 0.6) is 0 Å². The molecule has 1 rings (SSSR count). The van der Waals surface area contributed by atoms with Gasteiger partial charge >= 0.3 is 0 Å². The number of amides is 1. The molecule has 0 aromatic rings. The highest BCUT2D eigenvalue weighted by Gasteiger charge is 2.42. The van der Waals surface area contributed by atoms with E-state index in [1.54, 1.807) is 7.11 Å². The van der Waals surface area contributed by atoms with Gasteiger partial charge in [0.15, 0.2) is 0 Å². The predicted octanol–water partition coefficient (Wildman–Crippen LogP) is 0.657. The molecule has 88 valence electrons. The molecule has 0 aliphatic heterocycles. The van der Waals surface area contributed by atoms with Crippen LogP contribution in [0.15, 0.2) is 0 Å². The molecule has 1 unspecified atom stereocenters. The smallest absolute Gasteiger partial charge is 0.251 e. The van der Waals surface area contributed by atoms with E-state index in [1.807, 2.05) is 13.8 Å². The minimum absolute atomic E-state index is 0.0350. The van der Waals surface area contributed by atoms with Gasteiger partial charge in [-0.05, 0) is 38.1 Å². The van der Waals surface area contributed by atoms with Gasteiger partial charge in [-0.25, -0.2) is 0 Å². The molecular weight excluding hydrogens is 192 g/mol. The fraction of sp³-hybridized carbons (Fsp3) is 0.909. The third kappa shape index (κ3) is 2.69. The molecule has 0 bridgehead atoms. The first-order valence-corrected chi connectivity index (χ1v) is 5.55. The summed E-state index contributed by atoms with van der Waals surface area (Å²) in [6.07, 6.45) is 2.92. The number of carbonyl (C=O) groups is 1. The zero-order valence-electron chi connectivity index (χ0n) is 9.93. The average molecular weight is 214 g/mol. The van der Waals surface area contributed by atoms with Gasteiger partial charge in [0.1, 0.15) is 5.60 Å². The van der Waals surface area contributed by atoms with E-state index in [4.69, 9.17) is 10.5 Å². The van der Waals surface area contributed by atoms with E-state index in [0.29, 0.717) is 19.5 Å². The van der Waals surface area contributed by atoms with Crippen molar-refractivity contribution in [1.82, 2.24) is 5.32 Å². The second-order valence-electron chi connectivity index (χ2n) is 4.68. The number of carbonyl (C=O) groups excluding carboxylic acids is 1. The van der Waals surface area contributed by atoms with Crippen LogP contribution in [0.1, 0.15) is 33.1 Å². The molecule has 0 aromatic carbocycles.